The Bertz CT molecular complexity index is 629. The number of hydrogen-bond acceptors (Lipinski definition) is 3. The smallest absolute Gasteiger partial charge is 0.340 e. The third kappa shape index (κ3) is 3.85. The lowest BCUT2D eigenvalue weighted by molar-refractivity contribution is -0.137. The molecule has 0 aliphatic rings. The molecule has 2 aromatic rings. The van der Waals surface area contributed by atoms with E-state index < -0.39 is 11.7 Å². The van der Waals surface area contributed by atoms with E-state index in [1.54, 1.807) is 6.07 Å². The molecule has 0 bridgehead atoms. The maximum absolute atomic E-state index is 12.7. The molecule has 0 aliphatic carbocycles. The maximum Gasteiger partial charge on any atom is 0.416 e. The fourth-order valence-corrected chi connectivity index (χ4v) is 2.11. The van der Waals surface area contributed by atoms with Crippen LogP contribution in [0.25, 0.3) is 0 Å². The molecule has 0 unspecified atom stereocenters. The Kier molecular flexibility index (Phi) is 4.67. The minimum Gasteiger partial charge on any atom is -0.340 e. The van der Waals surface area contributed by atoms with Crippen molar-refractivity contribution in [2.45, 2.75) is 25.9 Å². The van der Waals surface area contributed by atoms with Crippen LogP contribution in [0, 0.1) is 0 Å². The molecule has 0 amide bonds. The second kappa shape index (κ2) is 6.30. The SMILES string of the molecule is CCCc1c(Cl)ncnc1Nc1cccc(C(F)(F)F)c1. The summed E-state index contributed by atoms with van der Waals surface area (Å²) in [6.07, 6.45) is -1.64. The molecular formula is C14H13ClF3N3. The van der Waals surface area contributed by atoms with Crippen LogP contribution in [0.2, 0.25) is 5.15 Å². The lowest BCUT2D eigenvalue weighted by Gasteiger charge is -2.13. The number of nitrogens with zero attached hydrogens (tertiary/aromatic N) is 2. The predicted molar refractivity (Wildman–Crippen MR) is 75.8 cm³/mol. The predicted octanol–water partition coefficient (Wildman–Crippen LogP) is 4.84. The highest BCUT2D eigenvalue weighted by Gasteiger charge is 2.30. The van der Waals surface area contributed by atoms with E-state index in [1.807, 2.05) is 6.92 Å². The molecule has 0 fully saturated rings. The van der Waals surface area contributed by atoms with E-state index in [1.165, 1.54) is 12.4 Å². The van der Waals surface area contributed by atoms with E-state index in [9.17, 15) is 13.2 Å². The van der Waals surface area contributed by atoms with E-state index in [0.717, 1.165) is 18.6 Å². The zero-order valence-corrected chi connectivity index (χ0v) is 12.0. The van der Waals surface area contributed by atoms with Crippen molar-refractivity contribution in [2.24, 2.45) is 0 Å². The van der Waals surface area contributed by atoms with E-state index in [4.69, 9.17) is 11.6 Å². The first-order valence-corrected chi connectivity index (χ1v) is 6.73. The van der Waals surface area contributed by atoms with Gasteiger partial charge in [0.2, 0.25) is 0 Å². The largest absolute Gasteiger partial charge is 0.416 e. The van der Waals surface area contributed by atoms with E-state index in [2.05, 4.69) is 15.3 Å². The Balaban J connectivity index is 2.33. The van der Waals surface area contributed by atoms with Gasteiger partial charge in [0.05, 0.1) is 5.56 Å². The molecule has 0 radical (unpaired) electrons. The standard InChI is InChI=1S/C14H13ClF3N3/c1-2-4-11-12(15)19-8-20-13(11)21-10-6-3-5-9(7-10)14(16,17)18/h3,5-8H,2,4H2,1H3,(H,19,20,21). The van der Waals surface area contributed by atoms with Crippen molar-refractivity contribution < 1.29 is 13.2 Å². The third-order valence-electron chi connectivity index (χ3n) is 2.85. The first-order chi connectivity index (χ1) is 9.91. The highest BCUT2D eigenvalue weighted by molar-refractivity contribution is 6.30. The van der Waals surface area contributed by atoms with Crippen LogP contribution >= 0.6 is 11.6 Å². The van der Waals surface area contributed by atoms with Crippen molar-refractivity contribution in [1.29, 1.82) is 0 Å². The number of hydrogen-bond donors (Lipinski definition) is 1. The summed E-state index contributed by atoms with van der Waals surface area (Å²) >= 11 is 6.01. The van der Waals surface area contributed by atoms with Crippen LogP contribution in [-0.2, 0) is 12.6 Å². The summed E-state index contributed by atoms with van der Waals surface area (Å²) in [4.78, 5) is 7.95. The average molecular weight is 316 g/mol. The Morgan fingerprint density at radius 3 is 2.67 bits per heavy atom. The van der Waals surface area contributed by atoms with Crippen LogP contribution in [-0.4, -0.2) is 9.97 Å². The second-order valence-corrected chi connectivity index (χ2v) is 4.80. The molecule has 0 saturated heterocycles. The van der Waals surface area contributed by atoms with Gasteiger partial charge in [0.25, 0.3) is 0 Å². The summed E-state index contributed by atoms with van der Waals surface area (Å²) < 4.78 is 38.1. The van der Waals surface area contributed by atoms with Crippen LogP contribution in [0.1, 0.15) is 24.5 Å². The first-order valence-electron chi connectivity index (χ1n) is 6.35. The van der Waals surface area contributed by atoms with Gasteiger partial charge in [0.1, 0.15) is 17.3 Å². The van der Waals surface area contributed by atoms with Crippen molar-refractivity contribution in [3.8, 4) is 0 Å². The zero-order chi connectivity index (χ0) is 15.5. The molecule has 7 heteroatoms. The molecule has 1 heterocycles. The quantitative estimate of drug-likeness (QED) is 0.820. The normalized spacial score (nSPS) is 11.5. The zero-order valence-electron chi connectivity index (χ0n) is 11.2. The Labute approximate surface area is 125 Å². The van der Waals surface area contributed by atoms with Gasteiger partial charge in [-0.1, -0.05) is 31.0 Å². The van der Waals surface area contributed by atoms with Gasteiger partial charge in [-0.3, -0.25) is 0 Å². The van der Waals surface area contributed by atoms with Crippen LogP contribution < -0.4 is 5.32 Å². The summed E-state index contributed by atoms with van der Waals surface area (Å²) in [5.74, 6) is 0.427. The van der Waals surface area contributed by atoms with Gasteiger partial charge in [0.15, 0.2) is 0 Å². The molecule has 2 rings (SSSR count). The van der Waals surface area contributed by atoms with Crippen LogP contribution in [0.3, 0.4) is 0 Å². The first kappa shape index (κ1) is 15.6. The van der Waals surface area contributed by atoms with Crippen molar-refractivity contribution >= 4 is 23.1 Å². The Morgan fingerprint density at radius 2 is 2.00 bits per heavy atom. The molecular weight excluding hydrogens is 303 g/mol. The van der Waals surface area contributed by atoms with Crippen molar-refractivity contribution in [3.63, 3.8) is 0 Å². The third-order valence-corrected chi connectivity index (χ3v) is 3.17. The van der Waals surface area contributed by atoms with Gasteiger partial charge in [-0.05, 0) is 24.6 Å². The number of nitrogens with one attached hydrogen (secondary N) is 1. The topological polar surface area (TPSA) is 37.8 Å². The highest BCUT2D eigenvalue weighted by atomic mass is 35.5. The van der Waals surface area contributed by atoms with Gasteiger partial charge >= 0.3 is 6.18 Å². The molecule has 3 nitrogen and oxygen atoms in total. The van der Waals surface area contributed by atoms with Gasteiger partial charge in [-0.15, -0.1) is 0 Å². The van der Waals surface area contributed by atoms with E-state index in [-0.39, 0.29) is 0 Å². The number of rotatable bonds is 4. The number of aromatic nitrogens is 2. The number of benzene rings is 1. The van der Waals surface area contributed by atoms with Gasteiger partial charge < -0.3 is 5.32 Å². The lowest BCUT2D eigenvalue weighted by Crippen LogP contribution is -2.06. The molecule has 0 spiro atoms. The van der Waals surface area contributed by atoms with Crippen molar-refractivity contribution in [3.05, 3.63) is 46.9 Å². The molecule has 21 heavy (non-hydrogen) atoms. The van der Waals surface area contributed by atoms with Crippen LogP contribution in [0.15, 0.2) is 30.6 Å². The van der Waals surface area contributed by atoms with Crippen molar-refractivity contribution in [1.82, 2.24) is 9.97 Å². The molecule has 1 aromatic carbocycles. The summed E-state index contributed by atoms with van der Waals surface area (Å²) in [5.41, 5.74) is 0.278. The summed E-state index contributed by atoms with van der Waals surface area (Å²) in [7, 11) is 0. The van der Waals surface area contributed by atoms with Crippen LogP contribution in [0.4, 0.5) is 24.7 Å². The fraction of sp³-hybridized carbons (Fsp3) is 0.286. The van der Waals surface area contributed by atoms with Crippen molar-refractivity contribution in [2.75, 3.05) is 5.32 Å². The fourth-order valence-electron chi connectivity index (χ4n) is 1.88. The Hall–Kier alpha value is -1.82. The number of halogens is 4. The van der Waals surface area contributed by atoms with Crippen LogP contribution in [0.5, 0.6) is 0 Å². The van der Waals surface area contributed by atoms with Gasteiger partial charge in [-0.25, -0.2) is 9.97 Å². The molecule has 112 valence electrons. The average Bonchev–Trinajstić information content (AvgIpc) is 2.42. The van der Waals surface area contributed by atoms with Gasteiger partial charge in [0, 0.05) is 11.3 Å². The molecule has 0 aliphatic heterocycles. The number of anilines is 2. The minimum absolute atomic E-state index is 0.303. The maximum atomic E-state index is 12.7. The van der Waals surface area contributed by atoms with E-state index in [0.29, 0.717) is 28.6 Å². The second-order valence-electron chi connectivity index (χ2n) is 4.45. The Morgan fingerprint density at radius 1 is 1.24 bits per heavy atom. The van der Waals surface area contributed by atoms with Gasteiger partial charge in [-0.2, -0.15) is 13.2 Å². The number of alkyl halides is 3. The monoisotopic (exact) mass is 315 g/mol. The summed E-state index contributed by atoms with van der Waals surface area (Å²) in [5, 5.41) is 3.18. The molecule has 1 aromatic heterocycles. The molecule has 0 saturated carbocycles. The minimum atomic E-state index is -4.38. The lowest BCUT2D eigenvalue weighted by atomic mass is 10.1. The van der Waals surface area contributed by atoms with E-state index >= 15 is 0 Å². The highest BCUT2D eigenvalue weighted by Crippen LogP contribution is 2.32. The summed E-state index contributed by atoms with van der Waals surface area (Å²) in [6.45, 7) is 1.97. The summed E-state index contributed by atoms with van der Waals surface area (Å²) in [6, 6.07) is 4.94. The molecule has 1 N–H and O–H groups in total. The molecule has 0 atom stereocenters.